The number of nitriles is 1. The highest BCUT2D eigenvalue weighted by atomic mass is 19.1. The minimum atomic E-state index is -0.416. The van der Waals surface area contributed by atoms with Gasteiger partial charge in [0.25, 0.3) is 0 Å². The Morgan fingerprint density at radius 1 is 1.18 bits per heavy atom. The summed E-state index contributed by atoms with van der Waals surface area (Å²) in [5, 5.41) is 8.74. The van der Waals surface area contributed by atoms with Crippen molar-refractivity contribution >= 4 is 5.69 Å². The summed E-state index contributed by atoms with van der Waals surface area (Å²) in [5.41, 5.74) is 6.31. The Balaban J connectivity index is 2.28. The highest BCUT2D eigenvalue weighted by Crippen LogP contribution is 2.28. The van der Waals surface area contributed by atoms with Crippen LogP contribution < -0.4 is 10.5 Å². The van der Waals surface area contributed by atoms with Gasteiger partial charge in [0.2, 0.25) is 0 Å². The van der Waals surface area contributed by atoms with Crippen molar-refractivity contribution in [3.05, 3.63) is 53.8 Å². The van der Waals surface area contributed by atoms with Gasteiger partial charge in [-0.2, -0.15) is 5.26 Å². The molecule has 0 saturated heterocycles. The fraction of sp³-hybridized carbons (Fsp3) is 0. The van der Waals surface area contributed by atoms with E-state index in [-0.39, 0.29) is 5.69 Å². The molecule has 2 N–H and O–H groups in total. The van der Waals surface area contributed by atoms with Crippen LogP contribution in [0.5, 0.6) is 11.5 Å². The van der Waals surface area contributed by atoms with Crippen molar-refractivity contribution in [2.75, 3.05) is 5.73 Å². The lowest BCUT2D eigenvalue weighted by molar-refractivity contribution is 0.483. The molecular weight excluding hydrogens is 219 g/mol. The summed E-state index contributed by atoms with van der Waals surface area (Å²) in [6, 6.07) is 12.6. The molecule has 0 spiro atoms. The maximum absolute atomic E-state index is 12.8. The zero-order valence-corrected chi connectivity index (χ0v) is 8.85. The van der Waals surface area contributed by atoms with Crippen LogP contribution in [0.25, 0.3) is 0 Å². The molecule has 4 heteroatoms. The smallest absolute Gasteiger partial charge is 0.150 e. The molecule has 0 aliphatic heterocycles. The van der Waals surface area contributed by atoms with Crippen LogP contribution in [0.2, 0.25) is 0 Å². The topological polar surface area (TPSA) is 59.0 Å². The van der Waals surface area contributed by atoms with E-state index in [1.54, 1.807) is 24.3 Å². The molecule has 0 atom stereocenters. The Morgan fingerprint density at radius 3 is 2.71 bits per heavy atom. The molecule has 2 aromatic rings. The number of hydrogen-bond acceptors (Lipinski definition) is 3. The first-order valence-electron chi connectivity index (χ1n) is 4.92. The van der Waals surface area contributed by atoms with Crippen LogP contribution in [-0.2, 0) is 0 Å². The standard InChI is InChI=1S/C13H9FN2O/c14-10-4-5-13(12(16)7-10)17-11-3-1-2-9(6-11)8-15/h1-7H,16H2. The molecule has 0 aliphatic carbocycles. The summed E-state index contributed by atoms with van der Waals surface area (Å²) in [6.07, 6.45) is 0. The molecule has 0 radical (unpaired) electrons. The Kier molecular flexibility index (Phi) is 2.93. The molecule has 84 valence electrons. The van der Waals surface area contributed by atoms with Gasteiger partial charge in [-0.05, 0) is 30.3 Å². The second kappa shape index (κ2) is 4.54. The van der Waals surface area contributed by atoms with Gasteiger partial charge in [0.1, 0.15) is 11.6 Å². The van der Waals surface area contributed by atoms with Crippen molar-refractivity contribution < 1.29 is 9.13 Å². The lowest BCUT2D eigenvalue weighted by atomic mass is 10.2. The number of nitrogens with zero attached hydrogens (tertiary/aromatic N) is 1. The molecule has 0 fully saturated rings. The van der Waals surface area contributed by atoms with Crippen molar-refractivity contribution in [3.8, 4) is 17.6 Å². The van der Waals surface area contributed by atoms with Gasteiger partial charge in [0, 0.05) is 6.07 Å². The summed E-state index contributed by atoms with van der Waals surface area (Å²) in [5.74, 6) is 0.435. The molecule has 0 unspecified atom stereocenters. The average molecular weight is 228 g/mol. The van der Waals surface area contributed by atoms with Crippen molar-refractivity contribution in [2.24, 2.45) is 0 Å². The third-order valence-electron chi connectivity index (χ3n) is 2.16. The van der Waals surface area contributed by atoms with Gasteiger partial charge in [-0.3, -0.25) is 0 Å². The zero-order chi connectivity index (χ0) is 12.3. The highest BCUT2D eigenvalue weighted by molar-refractivity contribution is 5.54. The number of halogens is 1. The third-order valence-corrected chi connectivity index (χ3v) is 2.16. The predicted molar refractivity (Wildman–Crippen MR) is 62.0 cm³/mol. The fourth-order valence-electron chi connectivity index (χ4n) is 1.37. The third kappa shape index (κ3) is 2.52. The van der Waals surface area contributed by atoms with E-state index in [1.807, 2.05) is 6.07 Å². The summed E-state index contributed by atoms with van der Waals surface area (Å²) < 4.78 is 18.3. The monoisotopic (exact) mass is 228 g/mol. The van der Waals surface area contributed by atoms with Crippen LogP contribution in [0.4, 0.5) is 10.1 Å². The van der Waals surface area contributed by atoms with E-state index in [9.17, 15) is 4.39 Å². The molecular formula is C13H9FN2O. The number of nitrogen functional groups attached to an aromatic ring is 1. The number of nitrogens with two attached hydrogens (primary N) is 1. The van der Waals surface area contributed by atoms with Gasteiger partial charge in [0.15, 0.2) is 5.75 Å². The second-order valence-corrected chi connectivity index (χ2v) is 3.42. The van der Waals surface area contributed by atoms with Gasteiger partial charge in [-0.15, -0.1) is 0 Å². The highest BCUT2D eigenvalue weighted by Gasteiger charge is 2.04. The molecule has 3 nitrogen and oxygen atoms in total. The Bertz CT molecular complexity index is 590. The SMILES string of the molecule is N#Cc1cccc(Oc2ccc(F)cc2N)c1. The lowest BCUT2D eigenvalue weighted by Gasteiger charge is -2.08. The molecule has 0 aliphatic rings. The first-order chi connectivity index (χ1) is 8.19. The lowest BCUT2D eigenvalue weighted by Crippen LogP contribution is -1.93. The van der Waals surface area contributed by atoms with Crippen LogP contribution >= 0.6 is 0 Å². The van der Waals surface area contributed by atoms with Gasteiger partial charge >= 0.3 is 0 Å². The first-order valence-corrected chi connectivity index (χ1v) is 4.92. The van der Waals surface area contributed by atoms with Crippen LogP contribution in [-0.4, -0.2) is 0 Å². The predicted octanol–water partition coefficient (Wildman–Crippen LogP) is 3.07. The van der Waals surface area contributed by atoms with Crippen molar-refractivity contribution in [2.45, 2.75) is 0 Å². The van der Waals surface area contributed by atoms with Crippen molar-refractivity contribution in [3.63, 3.8) is 0 Å². The van der Waals surface area contributed by atoms with E-state index in [2.05, 4.69) is 0 Å². The number of hydrogen-bond donors (Lipinski definition) is 1. The van der Waals surface area contributed by atoms with E-state index < -0.39 is 5.82 Å². The van der Waals surface area contributed by atoms with E-state index in [0.29, 0.717) is 17.1 Å². The van der Waals surface area contributed by atoms with Crippen LogP contribution in [0.15, 0.2) is 42.5 Å². The molecule has 0 heterocycles. The molecule has 2 aromatic carbocycles. The molecule has 0 bridgehead atoms. The number of benzene rings is 2. The van der Waals surface area contributed by atoms with Gasteiger partial charge in [-0.25, -0.2) is 4.39 Å². The average Bonchev–Trinajstić information content (AvgIpc) is 2.33. The van der Waals surface area contributed by atoms with Gasteiger partial charge in [-0.1, -0.05) is 6.07 Å². The Hall–Kier alpha value is -2.54. The van der Waals surface area contributed by atoms with Crippen molar-refractivity contribution in [1.82, 2.24) is 0 Å². The largest absolute Gasteiger partial charge is 0.455 e. The first kappa shape index (κ1) is 11.0. The molecule has 17 heavy (non-hydrogen) atoms. The van der Waals surface area contributed by atoms with E-state index >= 15 is 0 Å². The zero-order valence-electron chi connectivity index (χ0n) is 8.85. The summed E-state index contributed by atoms with van der Waals surface area (Å²) in [7, 11) is 0. The number of ether oxygens (including phenoxy) is 1. The maximum atomic E-state index is 12.8. The van der Waals surface area contributed by atoms with Crippen LogP contribution in [0.3, 0.4) is 0 Å². The molecule has 0 amide bonds. The quantitative estimate of drug-likeness (QED) is 0.803. The second-order valence-electron chi connectivity index (χ2n) is 3.42. The maximum Gasteiger partial charge on any atom is 0.150 e. The fourth-order valence-corrected chi connectivity index (χ4v) is 1.37. The van der Waals surface area contributed by atoms with Crippen molar-refractivity contribution in [1.29, 1.82) is 5.26 Å². The number of anilines is 1. The minimum Gasteiger partial charge on any atom is -0.455 e. The number of rotatable bonds is 2. The summed E-state index contributed by atoms with van der Waals surface area (Å²) in [6.45, 7) is 0. The van der Waals surface area contributed by atoms with Crippen LogP contribution in [0, 0.1) is 17.1 Å². The Labute approximate surface area is 97.9 Å². The molecule has 2 rings (SSSR count). The van der Waals surface area contributed by atoms with E-state index in [4.69, 9.17) is 15.7 Å². The minimum absolute atomic E-state index is 0.215. The van der Waals surface area contributed by atoms with Crippen LogP contribution in [0.1, 0.15) is 5.56 Å². The summed E-state index contributed by atoms with van der Waals surface area (Å²) in [4.78, 5) is 0. The Morgan fingerprint density at radius 2 is 2.00 bits per heavy atom. The van der Waals surface area contributed by atoms with Gasteiger partial charge < -0.3 is 10.5 Å². The molecule has 0 saturated carbocycles. The summed E-state index contributed by atoms with van der Waals surface area (Å²) >= 11 is 0. The normalized spacial score (nSPS) is 9.65. The molecule has 0 aromatic heterocycles. The van der Waals surface area contributed by atoms with E-state index in [1.165, 1.54) is 18.2 Å². The van der Waals surface area contributed by atoms with Gasteiger partial charge in [0.05, 0.1) is 17.3 Å². The van der Waals surface area contributed by atoms with E-state index in [0.717, 1.165) is 0 Å².